The molecule has 0 bridgehead atoms. The lowest BCUT2D eigenvalue weighted by atomic mass is 9.90. The summed E-state index contributed by atoms with van der Waals surface area (Å²) < 4.78 is 10.9. The smallest absolute Gasteiger partial charge is 0.0683 e. The molecule has 0 aromatic rings. The molecule has 0 N–H and O–H groups in total. The maximum atomic E-state index is 8.85. The lowest BCUT2D eigenvalue weighted by Gasteiger charge is -2.22. The summed E-state index contributed by atoms with van der Waals surface area (Å²) in [6.07, 6.45) is 4.15. The summed E-state index contributed by atoms with van der Waals surface area (Å²) in [5, 5.41) is 8.85. The minimum Gasteiger partial charge on any atom is -0.381 e. The van der Waals surface area contributed by atoms with Crippen LogP contribution in [-0.4, -0.2) is 26.4 Å². The van der Waals surface area contributed by atoms with E-state index in [0.717, 1.165) is 52.1 Å². The monoisotopic (exact) mass is 225 g/mol. The van der Waals surface area contributed by atoms with Crippen molar-refractivity contribution in [2.75, 3.05) is 26.4 Å². The van der Waals surface area contributed by atoms with Gasteiger partial charge in [-0.2, -0.15) is 5.26 Å². The first kappa shape index (κ1) is 13.5. The van der Waals surface area contributed by atoms with E-state index in [1.54, 1.807) is 0 Å². The third kappa shape index (κ3) is 5.48. The van der Waals surface area contributed by atoms with Crippen molar-refractivity contribution >= 4 is 0 Å². The van der Waals surface area contributed by atoms with Gasteiger partial charge in [0.2, 0.25) is 0 Å². The minimum atomic E-state index is -0.206. The van der Waals surface area contributed by atoms with Gasteiger partial charge in [0.25, 0.3) is 0 Å². The van der Waals surface area contributed by atoms with Crippen molar-refractivity contribution in [2.45, 2.75) is 39.5 Å². The highest BCUT2D eigenvalue weighted by Gasteiger charge is 2.16. The summed E-state index contributed by atoms with van der Waals surface area (Å²) >= 11 is 0. The fraction of sp³-hybridized carbons (Fsp3) is 0.923. The molecule has 16 heavy (non-hydrogen) atoms. The first-order valence-electron chi connectivity index (χ1n) is 6.21. The molecule has 92 valence electrons. The Morgan fingerprint density at radius 3 is 2.69 bits per heavy atom. The van der Waals surface area contributed by atoms with Crippen molar-refractivity contribution in [1.29, 1.82) is 5.26 Å². The van der Waals surface area contributed by atoms with E-state index in [2.05, 4.69) is 6.07 Å². The molecule has 0 spiro atoms. The van der Waals surface area contributed by atoms with Crippen LogP contribution in [0.2, 0.25) is 0 Å². The zero-order valence-electron chi connectivity index (χ0n) is 10.5. The molecule has 1 aliphatic heterocycles. The van der Waals surface area contributed by atoms with Gasteiger partial charge in [-0.05, 0) is 45.4 Å². The molecule has 1 heterocycles. The second-order valence-electron chi connectivity index (χ2n) is 5.23. The van der Waals surface area contributed by atoms with Gasteiger partial charge in [0.05, 0.1) is 11.5 Å². The number of rotatable bonds is 6. The maximum Gasteiger partial charge on any atom is 0.0683 e. The van der Waals surface area contributed by atoms with E-state index in [4.69, 9.17) is 14.7 Å². The van der Waals surface area contributed by atoms with Gasteiger partial charge in [-0.25, -0.2) is 0 Å². The lowest BCUT2D eigenvalue weighted by molar-refractivity contribution is 0.0190. The Morgan fingerprint density at radius 1 is 1.38 bits per heavy atom. The van der Waals surface area contributed by atoms with Gasteiger partial charge in [-0.3, -0.25) is 0 Å². The van der Waals surface area contributed by atoms with Crippen molar-refractivity contribution in [3.63, 3.8) is 0 Å². The molecular formula is C13H23NO2. The number of ether oxygens (including phenoxy) is 2. The van der Waals surface area contributed by atoms with Crippen molar-refractivity contribution in [3.05, 3.63) is 0 Å². The van der Waals surface area contributed by atoms with Crippen LogP contribution in [0.1, 0.15) is 39.5 Å². The van der Waals surface area contributed by atoms with Crippen LogP contribution in [0.4, 0.5) is 0 Å². The average molecular weight is 225 g/mol. The van der Waals surface area contributed by atoms with Gasteiger partial charge in [0.15, 0.2) is 0 Å². The average Bonchev–Trinajstić information content (AvgIpc) is 2.30. The van der Waals surface area contributed by atoms with Crippen molar-refractivity contribution in [3.8, 4) is 6.07 Å². The molecule has 0 unspecified atom stereocenters. The van der Waals surface area contributed by atoms with Crippen LogP contribution in [0.15, 0.2) is 0 Å². The molecule has 0 aromatic heterocycles. The molecule has 0 atom stereocenters. The predicted octanol–water partition coefficient (Wildman–Crippen LogP) is 2.76. The second kappa shape index (κ2) is 6.88. The van der Waals surface area contributed by atoms with Gasteiger partial charge >= 0.3 is 0 Å². The fourth-order valence-electron chi connectivity index (χ4n) is 1.84. The van der Waals surface area contributed by atoms with Crippen LogP contribution < -0.4 is 0 Å². The normalized spacial score (nSPS) is 18.3. The zero-order valence-corrected chi connectivity index (χ0v) is 10.5. The van der Waals surface area contributed by atoms with Crippen molar-refractivity contribution < 1.29 is 9.47 Å². The van der Waals surface area contributed by atoms with Gasteiger partial charge in [-0.15, -0.1) is 0 Å². The maximum absolute atomic E-state index is 8.85. The first-order valence-corrected chi connectivity index (χ1v) is 6.21. The number of hydrogen-bond acceptors (Lipinski definition) is 3. The van der Waals surface area contributed by atoms with E-state index < -0.39 is 0 Å². The van der Waals surface area contributed by atoms with Gasteiger partial charge in [0.1, 0.15) is 0 Å². The fourth-order valence-corrected chi connectivity index (χ4v) is 1.84. The van der Waals surface area contributed by atoms with Crippen molar-refractivity contribution in [2.24, 2.45) is 11.3 Å². The Bertz CT molecular complexity index is 227. The SMILES string of the molecule is CC(C)(C#N)CCCOCC1CCOCC1. The summed E-state index contributed by atoms with van der Waals surface area (Å²) in [5.41, 5.74) is -0.206. The van der Waals surface area contributed by atoms with E-state index in [9.17, 15) is 0 Å². The highest BCUT2D eigenvalue weighted by Crippen LogP contribution is 2.21. The van der Waals surface area contributed by atoms with Crippen molar-refractivity contribution in [1.82, 2.24) is 0 Å². The molecule has 0 saturated carbocycles. The first-order chi connectivity index (χ1) is 7.64. The molecule has 0 radical (unpaired) electrons. The summed E-state index contributed by atoms with van der Waals surface area (Å²) in [5.74, 6) is 0.678. The molecule has 1 saturated heterocycles. The summed E-state index contributed by atoms with van der Waals surface area (Å²) in [6.45, 7) is 7.36. The number of hydrogen-bond donors (Lipinski definition) is 0. The quantitative estimate of drug-likeness (QED) is 0.653. The largest absolute Gasteiger partial charge is 0.381 e. The Kier molecular flexibility index (Phi) is 5.79. The van der Waals surface area contributed by atoms with Gasteiger partial charge in [0, 0.05) is 26.4 Å². The summed E-state index contributed by atoms with van der Waals surface area (Å²) in [4.78, 5) is 0. The van der Waals surface area contributed by atoms with E-state index in [0.29, 0.717) is 5.92 Å². The second-order valence-corrected chi connectivity index (χ2v) is 5.23. The topological polar surface area (TPSA) is 42.2 Å². The highest BCUT2D eigenvalue weighted by atomic mass is 16.5. The van der Waals surface area contributed by atoms with Crippen LogP contribution in [0.3, 0.4) is 0 Å². The van der Waals surface area contributed by atoms with Crippen LogP contribution in [0.5, 0.6) is 0 Å². The summed E-state index contributed by atoms with van der Waals surface area (Å²) in [7, 11) is 0. The van der Waals surface area contributed by atoms with Gasteiger partial charge in [-0.1, -0.05) is 0 Å². The zero-order chi connectivity index (χ0) is 11.9. The molecular weight excluding hydrogens is 202 g/mol. The third-order valence-electron chi connectivity index (χ3n) is 3.09. The number of nitrogens with zero attached hydrogens (tertiary/aromatic N) is 1. The molecule has 1 aliphatic rings. The van der Waals surface area contributed by atoms with Gasteiger partial charge < -0.3 is 9.47 Å². The Morgan fingerprint density at radius 2 is 2.06 bits per heavy atom. The molecule has 0 aliphatic carbocycles. The lowest BCUT2D eigenvalue weighted by Crippen LogP contribution is -2.20. The Hall–Kier alpha value is -0.590. The summed E-state index contributed by atoms with van der Waals surface area (Å²) in [6, 6.07) is 2.31. The van der Waals surface area contributed by atoms with Crippen LogP contribution in [0.25, 0.3) is 0 Å². The van der Waals surface area contributed by atoms with E-state index in [1.165, 1.54) is 0 Å². The highest BCUT2D eigenvalue weighted by molar-refractivity contribution is 4.91. The minimum absolute atomic E-state index is 0.206. The molecule has 1 rings (SSSR count). The number of nitriles is 1. The Balaban J connectivity index is 1.97. The third-order valence-corrected chi connectivity index (χ3v) is 3.09. The standard InChI is InChI=1S/C13H23NO2/c1-13(2,11-14)6-3-7-16-10-12-4-8-15-9-5-12/h12H,3-10H2,1-2H3. The van der Waals surface area contributed by atoms with E-state index in [-0.39, 0.29) is 5.41 Å². The van der Waals surface area contributed by atoms with Crippen LogP contribution in [-0.2, 0) is 9.47 Å². The van der Waals surface area contributed by atoms with Crippen LogP contribution >= 0.6 is 0 Å². The predicted molar refractivity (Wildman–Crippen MR) is 63.0 cm³/mol. The molecule has 0 aromatic carbocycles. The van der Waals surface area contributed by atoms with Crippen LogP contribution in [0, 0.1) is 22.7 Å². The molecule has 0 amide bonds. The molecule has 3 heteroatoms. The van der Waals surface area contributed by atoms with E-state index >= 15 is 0 Å². The van der Waals surface area contributed by atoms with E-state index in [1.807, 2.05) is 13.8 Å². The molecule has 3 nitrogen and oxygen atoms in total. The Labute approximate surface area is 98.7 Å². The molecule has 1 fully saturated rings.